The zero-order valence-electron chi connectivity index (χ0n) is 28.4. The van der Waals surface area contributed by atoms with E-state index in [2.05, 4.69) is 30.3 Å². The van der Waals surface area contributed by atoms with E-state index < -0.39 is 16.0 Å². The SMILES string of the molecule is CC(C)N(C(=O)c1cc(F)ccc1Oc1nncnc1N1CC[C@@H](CN2CC3(CCN(S(=O)(=O)N4CC5(CNC5)C4)CC3)C2)C1)C(C)C. The number of rotatable bonds is 10. The van der Waals surface area contributed by atoms with Gasteiger partial charge in [-0.1, -0.05) is 0 Å². The third-order valence-corrected chi connectivity index (χ3v) is 12.9. The summed E-state index contributed by atoms with van der Waals surface area (Å²) in [6, 6.07) is 3.78. The van der Waals surface area contributed by atoms with Crippen LogP contribution >= 0.6 is 0 Å². The van der Waals surface area contributed by atoms with Crippen LogP contribution in [0.4, 0.5) is 10.2 Å². The smallest absolute Gasteiger partial charge is 0.282 e. The molecule has 0 aliphatic carbocycles. The van der Waals surface area contributed by atoms with Crippen molar-refractivity contribution in [1.82, 2.24) is 38.9 Å². The number of aromatic nitrogens is 3. The molecule has 7 rings (SSSR count). The molecule has 15 heteroatoms. The van der Waals surface area contributed by atoms with Gasteiger partial charge in [0, 0.05) is 89.5 Å². The maximum absolute atomic E-state index is 14.4. The Morgan fingerprint density at radius 3 is 2.40 bits per heavy atom. The zero-order chi connectivity index (χ0) is 33.8. The summed E-state index contributed by atoms with van der Waals surface area (Å²) in [6.45, 7) is 16.6. The minimum atomic E-state index is -3.36. The third kappa shape index (κ3) is 6.28. The van der Waals surface area contributed by atoms with Gasteiger partial charge >= 0.3 is 0 Å². The molecule has 6 heterocycles. The number of anilines is 1. The molecule has 2 aromatic rings. The molecule has 13 nitrogen and oxygen atoms in total. The van der Waals surface area contributed by atoms with Gasteiger partial charge in [0.15, 0.2) is 5.82 Å². The summed E-state index contributed by atoms with van der Waals surface area (Å²) < 4.78 is 50.3. The molecule has 1 amide bonds. The molecule has 1 atom stereocenters. The molecule has 5 fully saturated rings. The van der Waals surface area contributed by atoms with E-state index in [-0.39, 0.29) is 46.0 Å². The number of nitrogens with zero attached hydrogens (tertiary/aromatic N) is 8. The molecule has 0 bridgehead atoms. The first-order chi connectivity index (χ1) is 22.9. The highest BCUT2D eigenvalue weighted by molar-refractivity contribution is 7.86. The molecular weight excluding hydrogens is 637 g/mol. The lowest BCUT2D eigenvalue weighted by atomic mass is 9.72. The lowest BCUT2D eigenvalue weighted by molar-refractivity contribution is -0.0435. The number of nitrogens with one attached hydrogen (secondary N) is 1. The first-order valence-corrected chi connectivity index (χ1v) is 18.7. The van der Waals surface area contributed by atoms with E-state index in [4.69, 9.17) is 4.74 Å². The summed E-state index contributed by atoms with van der Waals surface area (Å²) in [5.41, 5.74) is 0.521. The summed E-state index contributed by atoms with van der Waals surface area (Å²) in [5, 5.41) is 11.4. The van der Waals surface area contributed by atoms with E-state index in [0.29, 0.717) is 37.9 Å². The van der Waals surface area contributed by atoms with E-state index in [0.717, 1.165) is 65.1 Å². The second-order valence-corrected chi connectivity index (χ2v) is 17.2. The van der Waals surface area contributed by atoms with E-state index in [1.54, 1.807) is 13.5 Å². The molecule has 1 aromatic carbocycles. The highest BCUT2D eigenvalue weighted by atomic mass is 32.2. The minimum absolute atomic E-state index is 0.0815. The summed E-state index contributed by atoms with van der Waals surface area (Å²) in [7, 11) is -3.36. The normalized spacial score (nSPS) is 24.1. The van der Waals surface area contributed by atoms with Gasteiger partial charge in [-0.2, -0.15) is 17.0 Å². The lowest BCUT2D eigenvalue weighted by Crippen LogP contribution is -2.73. The molecule has 2 spiro atoms. The number of ether oxygens (including phenoxy) is 1. The van der Waals surface area contributed by atoms with Crippen molar-refractivity contribution >= 4 is 21.9 Å². The second kappa shape index (κ2) is 12.7. The molecule has 5 aliphatic rings. The molecule has 0 saturated carbocycles. The molecule has 1 aromatic heterocycles. The van der Waals surface area contributed by atoms with E-state index in [1.165, 1.54) is 24.5 Å². The predicted molar refractivity (Wildman–Crippen MR) is 179 cm³/mol. The topological polar surface area (TPSA) is 127 Å². The van der Waals surface area contributed by atoms with Crippen LogP contribution in [0.2, 0.25) is 0 Å². The van der Waals surface area contributed by atoms with Gasteiger partial charge in [0.1, 0.15) is 17.9 Å². The van der Waals surface area contributed by atoms with Crippen molar-refractivity contribution < 1.29 is 22.3 Å². The van der Waals surface area contributed by atoms with Crippen LogP contribution in [0.25, 0.3) is 0 Å². The van der Waals surface area contributed by atoms with Gasteiger partial charge in [-0.05, 0) is 76.5 Å². The highest BCUT2D eigenvalue weighted by Gasteiger charge is 2.54. The van der Waals surface area contributed by atoms with Crippen LogP contribution in [0.3, 0.4) is 0 Å². The van der Waals surface area contributed by atoms with Gasteiger partial charge in [-0.3, -0.25) is 4.79 Å². The monoisotopic (exact) mass is 685 g/mol. The molecular formula is C33H48FN9O4S. The molecule has 5 aliphatic heterocycles. The maximum atomic E-state index is 14.4. The number of hydrogen-bond donors (Lipinski definition) is 1. The van der Waals surface area contributed by atoms with Crippen molar-refractivity contribution in [3.8, 4) is 11.6 Å². The van der Waals surface area contributed by atoms with Crippen LogP contribution in [-0.2, 0) is 10.2 Å². The number of carbonyl (C=O) groups excluding carboxylic acids is 1. The minimum Gasteiger partial charge on any atom is -0.434 e. The van der Waals surface area contributed by atoms with Crippen molar-refractivity contribution in [2.45, 2.75) is 59.0 Å². The van der Waals surface area contributed by atoms with Crippen LogP contribution in [0.5, 0.6) is 11.6 Å². The molecule has 48 heavy (non-hydrogen) atoms. The fourth-order valence-electron chi connectivity index (χ4n) is 8.42. The zero-order valence-corrected chi connectivity index (χ0v) is 29.3. The van der Waals surface area contributed by atoms with E-state index in [1.807, 2.05) is 27.7 Å². The van der Waals surface area contributed by atoms with Crippen molar-refractivity contribution in [3.63, 3.8) is 0 Å². The molecule has 262 valence electrons. The fourth-order valence-corrected chi connectivity index (χ4v) is 10.3. The van der Waals surface area contributed by atoms with Gasteiger partial charge in [0.25, 0.3) is 22.0 Å². The number of benzene rings is 1. The summed E-state index contributed by atoms with van der Waals surface area (Å²) in [6.07, 6.45) is 4.20. The van der Waals surface area contributed by atoms with Crippen molar-refractivity contribution in [2.75, 3.05) is 76.9 Å². The number of piperidine rings is 1. The van der Waals surface area contributed by atoms with Crippen LogP contribution < -0.4 is 15.0 Å². The summed E-state index contributed by atoms with van der Waals surface area (Å²) in [5.74, 6) is 0.536. The summed E-state index contributed by atoms with van der Waals surface area (Å²) >= 11 is 0. The van der Waals surface area contributed by atoms with Crippen molar-refractivity contribution in [1.29, 1.82) is 0 Å². The Kier molecular flexibility index (Phi) is 8.88. The molecule has 1 N–H and O–H groups in total. The first-order valence-electron chi connectivity index (χ1n) is 17.3. The number of likely N-dealkylation sites (tertiary alicyclic amines) is 1. The average molecular weight is 686 g/mol. The van der Waals surface area contributed by atoms with Gasteiger partial charge in [-0.25, -0.2) is 9.37 Å². The van der Waals surface area contributed by atoms with Crippen LogP contribution in [0.1, 0.15) is 57.3 Å². The van der Waals surface area contributed by atoms with E-state index >= 15 is 0 Å². The largest absolute Gasteiger partial charge is 0.434 e. The van der Waals surface area contributed by atoms with Gasteiger partial charge in [0.05, 0.1) is 5.56 Å². The maximum Gasteiger partial charge on any atom is 0.282 e. The highest BCUT2D eigenvalue weighted by Crippen LogP contribution is 2.44. The Bertz CT molecular complexity index is 1610. The lowest BCUT2D eigenvalue weighted by Gasteiger charge is -2.57. The standard InChI is InChI=1S/C33H48FN9O4S/c1-23(2)43(24(3)4)31(44)27-13-26(34)5-6-28(27)47-30-29(36-22-37-38-30)40-10-7-25(15-40)14-39-18-32(19-39)8-11-41(12-9-32)48(45,46)42-20-33(21-42)16-35-17-33/h5-6,13,22-25,35H,7-12,14-21H2,1-4H3/t25-/m0/s1. The Morgan fingerprint density at radius 2 is 1.75 bits per heavy atom. The number of carbonyl (C=O) groups is 1. The van der Waals surface area contributed by atoms with Gasteiger partial charge in [-0.15, -0.1) is 10.2 Å². The molecule has 0 unspecified atom stereocenters. The van der Waals surface area contributed by atoms with Crippen molar-refractivity contribution in [3.05, 3.63) is 35.9 Å². The molecule has 5 saturated heterocycles. The summed E-state index contributed by atoms with van der Waals surface area (Å²) in [4.78, 5) is 24.4. The Hall–Kier alpha value is -2.98. The Labute approximate surface area is 283 Å². The third-order valence-electron chi connectivity index (χ3n) is 11.0. The average Bonchev–Trinajstić information content (AvgIpc) is 3.44. The Morgan fingerprint density at radius 1 is 1.04 bits per heavy atom. The quantitative estimate of drug-likeness (QED) is 0.399. The fraction of sp³-hybridized carbons (Fsp3) is 0.697. The molecule has 0 radical (unpaired) electrons. The van der Waals surface area contributed by atoms with Crippen LogP contribution in [0.15, 0.2) is 24.5 Å². The van der Waals surface area contributed by atoms with Gasteiger partial charge < -0.3 is 24.8 Å². The Balaban J connectivity index is 0.933. The van der Waals surface area contributed by atoms with E-state index in [9.17, 15) is 17.6 Å². The number of halogens is 1. The van der Waals surface area contributed by atoms with Crippen LogP contribution in [0, 0.1) is 22.6 Å². The number of amides is 1. The second-order valence-electron chi connectivity index (χ2n) is 15.3. The van der Waals surface area contributed by atoms with Gasteiger partial charge in [0.2, 0.25) is 0 Å². The predicted octanol–water partition coefficient (Wildman–Crippen LogP) is 2.44. The number of hydrogen-bond acceptors (Lipinski definition) is 10. The van der Waals surface area contributed by atoms with Crippen LogP contribution in [-0.4, -0.2) is 132 Å². The van der Waals surface area contributed by atoms with Crippen molar-refractivity contribution in [2.24, 2.45) is 16.7 Å². The first kappa shape index (κ1) is 33.5.